The number of nitrogens with zero attached hydrogens (tertiary/aromatic N) is 2. The second kappa shape index (κ2) is 5.87. The van der Waals surface area contributed by atoms with Gasteiger partial charge in [0, 0.05) is 38.3 Å². The molecule has 1 aliphatic rings. The lowest BCUT2D eigenvalue weighted by Crippen LogP contribution is -2.34. The van der Waals surface area contributed by atoms with Gasteiger partial charge in [-0.05, 0) is 5.92 Å². The number of ether oxygens (including phenoxy) is 1. The van der Waals surface area contributed by atoms with E-state index in [2.05, 4.69) is 0 Å². The fourth-order valence-electron chi connectivity index (χ4n) is 2.53. The first-order chi connectivity index (χ1) is 9.81. The molecule has 0 bridgehead atoms. The molecule has 1 unspecified atom stereocenters. The molecule has 0 aromatic heterocycles. The summed E-state index contributed by atoms with van der Waals surface area (Å²) < 4.78 is 32.9. The number of halogens is 2. The maximum atomic E-state index is 13.9. The molecule has 21 heavy (non-hydrogen) atoms. The highest BCUT2D eigenvalue weighted by molar-refractivity contribution is 5.76. The normalized spacial score (nSPS) is 18.8. The fraction of sp³-hybridized carbons (Fsp3) is 0.533. The SMILES string of the molecule is CC(C)c1c(F)cc(F)cc1OCC1CN(C)C(=O)N1C. The van der Waals surface area contributed by atoms with Crippen LogP contribution < -0.4 is 4.74 Å². The van der Waals surface area contributed by atoms with Gasteiger partial charge in [-0.15, -0.1) is 0 Å². The van der Waals surface area contributed by atoms with Crippen LogP contribution in [0.5, 0.6) is 5.75 Å². The van der Waals surface area contributed by atoms with Crippen LogP contribution in [0.1, 0.15) is 25.3 Å². The number of amides is 2. The average Bonchev–Trinajstić information content (AvgIpc) is 2.62. The standard InChI is InChI=1S/C15H20F2N2O2/c1-9(2)14-12(17)5-10(16)6-13(14)21-8-11-7-18(3)15(20)19(11)4/h5-6,9,11H,7-8H2,1-4H3. The Balaban J connectivity index is 2.15. The Kier molecular flexibility index (Phi) is 4.34. The van der Waals surface area contributed by atoms with Gasteiger partial charge >= 0.3 is 6.03 Å². The first-order valence-corrected chi connectivity index (χ1v) is 6.91. The van der Waals surface area contributed by atoms with Crippen LogP contribution in [0, 0.1) is 11.6 Å². The Morgan fingerprint density at radius 1 is 1.33 bits per heavy atom. The molecule has 0 saturated carbocycles. The Morgan fingerprint density at radius 3 is 2.52 bits per heavy atom. The summed E-state index contributed by atoms with van der Waals surface area (Å²) >= 11 is 0. The Hall–Kier alpha value is -1.85. The molecule has 2 amide bonds. The summed E-state index contributed by atoms with van der Waals surface area (Å²) in [5.74, 6) is -1.18. The third-order valence-electron chi connectivity index (χ3n) is 3.73. The predicted octanol–water partition coefficient (Wildman–Crippen LogP) is 2.83. The lowest BCUT2D eigenvalue weighted by atomic mass is 10.0. The third-order valence-corrected chi connectivity index (χ3v) is 3.73. The fourth-order valence-corrected chi connectivity index (χ4v) is 2.53. The highest BCUT2D eigenvalue weighted by Gasteiger charge is 2.32. The minimum atomic E-state index is -0.667. The van der Waals surface area contributed by atoms with Gasteiger partial charge in [0.2, 0.25) is 0 Å². The van der Waals surface area contributed by atoms with E-state index in [9.17, 15) is 13.6 Å². The summed E-state index contributed by atoms with van der Waals surface area (Å²) in [6.45, 7) is 4.38. The maximum Gasteiger partial charge on any atom is 0.319 e. The molecule has 6 heteroatoms. The van der Waals surface area contributed by atoms with Gasteiger partial charge in [0.1, 0.15) is 24.0 Å². The van der Waals surface area contributed by atoms with Crippen LogP contribution in [0.15, 0.2) is 12.1 Å². The van der Waals surface area contributed by atoms with Crippen molar-refractivity contribution >= 4 is 6.03 Å². The van der Waals surface area contributed by atoms with Crippen molar-refractivity contribution in [3.8, 4) is 5.75 Å². The molecule has 0 radical (unpaired) electrons. The van der Waals surface area contributed by atoms with E-state index in [0.717, 1.165) is 6.07 Å². The van der Waals surface area contributed by atoms with Gasteiger partial charge in [-0.1, -0.05) is 13.8 Å². The summed E-state index contributed by atoms with van der Waals surface area (Å²) in [5, 5.41) is 0. The Morgan fingerprint density at radius 2 is 2.00 bits per heavy atom. The van der Waals surface area contributed by atoms with Crippen molar-refractivity contribution in [1.82, 2.24) is 9.80 Å². The van der Waals surface area contributed by atoms with Gasteiger partial charge in [-0.2, -0.15) is 0 Å². The van der Waals surface area contributed by atoms with E-state index in [1.165, 1.54) is 6.07 Å². The summed E-state index contributed by atoms with van der Waals surface area (Å²) in [5.41, 5.74) is 0.358. The van der Waals surface area contributed by atoms with Crippen LogP contribution in [0.2, 0.25) is 0 Å². The van der Waals surface area contributed by atoms with Gasteiger partial charge in [0.05, 0.1) is 6.04 Å². The van der Waals surface area contributed by atoms with Crippen molar-refractivity contribution < 1.29 is 18.3 Å². The van der Waals surface area contributed by atoms with E-state index in [-0.39, 0.29) is 30.3 Å². The number of carbonyl (C=O) groups excluding carboxylic acids is 1. The summed E-state index contributed by atoms with van der Waals surface area (Å²) in [6.07, 6.45) is 0. The maximum absolute atomic E-state index is 13.9. The molecule has 1 saturated heterocycles. The third kappa shape index (κ3) is 3.09. The first-order valence-electron chi connectivity index (χ1n) is 6.91. The van der Waals surface area contributed by atoms with Crippen molar-refractivity contribution in [2.75, 3.05) is 27.2 Å². The van der Waals surface area contributed by atoms with Crippen LogP contribution in [-0.4, -0.2) is 49.1 Å². The van der Waals surface area contributed by atoms with Crippen LogP contribution in [0.3, 0.4) is 0 Å². The van der Waals surface area contributed by atoms with Gasteiger partial charge in [-0.3, -0.25) is 0 Å². The van der Waals surface area contributed by atoms with E-state index in [1.54, 1.807) is 23.9 Å². The van der Waals surface area contributed by atoms with E-state index < -0.39 is 11.6 Å². The van der Waals surface area contributed by atoms with Crippen LogP contribution in [-0.2, 0) is 0 Å². The number of urea groups is 1. The highest BCUT2D eigenvalue weighted by atomic mass is 19.1. The smallest absolute Gasteiger partial charge is 0.319 e. The summed E-state index contributed by atoms with van der Waals surface area (Å²) in [4.78, 5) is 14.8. The van der Waals surface area contributed by atoms with Crippen molar-refractivity contribution in [1.29, 1.82) is 0 Å². The molecule has 1 atom stereocenters. The second-order valence-electron chi connectivity index (χ2n) is 5.69. The molecule has 4 nitrogen and oxygen atoms in total. The average molecular weight is 298 g/mol. The number of hydrogen-bond donors (Lipinski definition) is 0. The molecule has 1 aliphatic heterocycles. The van der Waals surface area contributed by atoms with Crippen LogP contribution >= 0.6 is 0 Å². The zero-order chi connectivity index (χ0) is 15.7. The molecule has 1 aromatic rings. The van der Waals surface area contributed by atoms with Gasteiger partial charge in [0.15, 0.2) is 0 Å². The molecule has 2 rings (SSSR count). The molecular weight excluding hydrogens is 278 g/mol. The van der Waals surface area contributed by atoms with Gasteiger partial charge in [-0.25, -0.2) is 13.6 Å². The van der Waals surface area contributed by atoms with E-state index in [4.69, 9.17) is 4.74 Å². The zero-order valence-corrected chi connectivity index (χ0v) is 12.7. The monoisotopic (exact) mass is 298 g/mol. The number of hydrogen-bond acceptors (Lipinski definition) is 2. The van der Waals surface area contributed by atoms with Gasteiger partial charge in [0.25, 0.3) is 0 Å². The second-order valence-corrected chi connectivity index (χ2v) is 5.69. The summed E-state index contributed by atoms with van der Waals surface area (Å²) in [7, 11) is 3.40. The molecular formula is C15H20F2N2O2. The Bertz CT molecular complexity index is 549. The van der Waals surface area contributed by atoms with E-state index >= 15 is 0 Å². The number of rotatable bonds is 4. The van der Waals surface area contributed by atoms with Crippen molar-refractivity contribution in [2.24, 2.45) is 0 Å². The zero-order valence-electron chi connectivity index (χ0n) is 12.7. The summed E-state index contributed by atoms with van der Waals surface area (Å²) in [6, 6.07) is 1.84. The molecule has 1 aromatic carbocycles. The molecule has 0 N–H and O–H groups in total. The molecule has 0 spiro atoms. The first kappa shape index (κ1) is 15.5. The molecule has 1 heterocycles. The lowest BCUT2D eigenvalue weighted by molar-refractivity contribution is 0.186. The topological polar surface area (TPSA) is 32.8 Å². The van der Waals surface area contributed by atoms with Crippen LogP contribution in [0.4, 0.5) is 13.6 Å². The minimum Gasteiger partial charge on any atom is -0.491 e. The number of benzene rings is 1. The quantitative estimate of drug-likeness (QED) is 0.856. The molecule has 0 aliphatic carbocycles. The van der Waals surface area contributed by atoms with Crippen molar-refractivity contribution in [3.05, 3.63) is 29.3 Å². The van der Waals surface area contributed by atoms with Crippen molar-refractivity contribution in [2.45, 2.75) is 25.8 Å². The number of likely N-dealkylation sites (N-methyl/N-ethyl adjacent to an activating group) is 2. The Labute approximate surface area is 123 Å². The van der Waals surface area contributed by atoms with Crippen molar-refractivity contribution in [3.63, 3.8) is 0 Å². The van der Waals surface area contributed by atoms with Gasteiger partial charge < -0.3 is 14.5 Å². The van der Waals surface area contributed by atoms with E-state index in [0.29, 0.717) is 12.1 Å². The van der Waals surface area contributed by atoms with Crippen LogP contribution in [0.25, 0.3) is 0 Å². The largest absolute Gasteiger partial charge is 0.491 e. The highest BCUT2D eigenvalue weighted by Crippen LogP contribution is 2.30. The minimum absolute atomic E-state index is 0.0851. The lowest BCUT2D eigenvalue weighted by Gasteiger charge is -2.20. The predicted molar refractivity (Wildman–Crippen MR) is 75.5 cm³/mol. The molecule has 1 fully saturated rings. The molecule has 116 valence electrons. The number of carbonyl (C=O) groups is 1. The van der Waals surface area contributed by atoms with E-state index in [1.807, 2.05) is 13.8 Å².